The molecule has 0 bridgehead atoms. The summed E-state index contributed by atoms with van der Waals surface area (Å²) in [6, 6.07) is 0.684. The zero-order valence-electron chi connectivity index (χ0n) is 41.1. The second-order valence-electron chi connectivity index (χ2n) is 19.4. The van der Waals surface area contributed by atoms with Crippen molar-refractivity contribution in [2.45, 2.75) is 316 Å². The van der Waals surface area contributed by atoms with E-state index in [1.165, 1.54) is 289 Å². The highest BCUT2D eigenvalue weighted by atomic mass is 35.5. The van der Waals surface area contributed by atoms with Crippen LogP contribution in [0.15, 0.2) is 30.9 Å². The third-order valence-corrected chi connectivity index (χ3v) is 13.6. The van der Waals surface area contributed by atoms with E-state index in [9.17, 15) is 0 Å². The Bertz CT molecular complexity index is 910. The van der Waals surface area contributed by atoms with Crippen LogP contribution in [0.5, 0.6) is 0 Å². The van der Waals surface area contributed by atoms with E-state index in [0.29, 0.717) is 6.04 Å². The molecule has 1 rings (SSSR count). The van der Waals surface area contributed by atoms with Gasteiger partial charge >= 0.3 is 0 Å². The van der Waals surface area contributed by atoms with Crippen molar-refractivity contribution in [2.75, 3.05) is 0 Å². The Morgan fingerprint density at radius 1 is 0.373 bits per heavy atom. The number of aryl methyl sites for hydroxylation is 1. The standard InChI is InChI=1S/C56H109N2.ClH/c1-5-8-11-14-17-20-23-26-27-28-29-32-35-38-41-44-50-56(58-53-52-57(4)54-58)51-46-45-49-55(47-42-39-36-33-30-24-21-18-15-12-9-6-2)48-43-40-37-34-31-25-22-19-16-13-10-7-3;/h26-27,52-56H,5-25,28-51H2,1-4H3;1H/q+1;/p-1/b27-26+;. The number of hydrogen-bond donors (Lipinski definition) is 0. The lowest BCUT2D eigenvalue weighted by molar-refractivity contribution is -0.724. The Balaban J connectivity index is 0.0000336. The van der Waals surface area contributed by atoms with Gasteiger partial charge in [0.25, 0.3) is 0 Å². The molecule has 0 saturated carbocycles. The van der Waals surface area contributed by atoms with Crippen molar-refractivity contribution in [3.05, 3.63) is 30.9 Å². The minimum Gasteiger partial charge on any atom is -1.00 e. The van der Waals surface area contributed by atoms with Crippen LogP contribution in [0.25, 0.3) is 0 Å². The smallest absolute Gasteiger partial charge is 0.243 e. The molecule has 0 fully saturated rings. The van der Waals surface area contributed by atoms with E-state index in [2.05, 4.69) is 67.8 Å². The number of allylic oxidation sites excluding steroid dienone is 2. The Kier molecular flexibility index (Phi) is 47.7. The molecule has 1 aromatic heterocycles. The summed E-state index contributed by atoms with van der Waals surface area (Å²) in [5.41, 5.74) is 0. The van der Waals surface area contributed by atoms with Gasteiger partial charge in [0.2, 0.25) is 6.33 Å². The monoisotopic (exact) mass is 845 g/mol. The van der Waals surface area contributed by atoms with E-state index >= 15 is 0 Å². The maximum Gasteiger partial charge on any atom is 0.243 e. The molecule has 0 amide bonds. The fraction of sp³-hybridized carbons (Fsp3) is 0.911. The Labute approximate surface area is 379 Å². The van der Waals surface area contributed by atoms with Crippen LogP contribution >= 0.6 is 0 Å². The summed E-state index contributed by atoms with van der Waals surface area (Å²) in [6.45, 7) is 6.95. The lowest BCUT2D eigenvalue weighted by Crippen LogP contribution is -3.00. The lowest BCUT2D eigenvalue weighted by atomic mass is 9.89. The second-order valence-corrected chi connectivity index (χ2v) is 19.4. The first kappa shape index (κ1) is 58.2. The van der Waals surface area contributed by atoms with Gasteiger partial charge < -0.3 is 12.4 Å². The van der Waals surface area contributed by atoms with Crippen LogP contribution < -0.4 is 17.0 Å². The van der Waals surface area contributed by atoms with Gasteiger partial charge in [-0.2, -0.15) is 0 Å². The number of imidazole rings is 1. The third-order valence-electron chi connectivity index (χ3n) is 13.6. The molecule has 0 radical (unpaired) electrons. The van der Waals surface area contributed by atoms with Crippen LogP contribution in [0.3, 0.4) is 0 Å². The lowest BCUT2D eigenvalue weighted by Gasteiger charge is -2.18. The predicted molar refractivity (Wildman–Crippen MR) is 262 cm³/mol. The van der Waals surface area contributed by atoms with Crippen LogP contribution in [0, 0.1) is 5.92 Å². The molecule has 0 spiro atoms. The molecule has 2 nitrogen and oxygen atoms in total. The average Bonchev–Trinajstić information content (AvgIpc) is 3.67. The van der Waals surface area contributed by atoms with Crippen molar-refractivity contribution in [3.8, 4) is 0 Å². The highest BCUT2D eigenvalue weighted by molar-refractivity contribution is 4.81. The van der Waals surface area contributed by atoms with Gasteiger partial charge in [-0.15, -0.1) is 0 Å². The minimum atomic E-state index is 0. The van der Waals surface area contributed by atoms with Crippen LogP contribution in [-0.2, 0) is 7.05 Å². The van der Waals surface area contributed by atoms with Crippen molar-refractivity contribution >= 4 is 0 Å². The minimum absolute atomic E-state index is 0. The summed E-state index contributed by atoms with van der Waals surface area (Å²) in [5, 5.41) is 0. The van der Waals surface area contributed by atoms with Gasteiger partial charge in [0.15, 0.2) is 0 Å². The zero-order chi connectivity index (χ0) is 41.7. The molecule has 0 aromatic carbocycles. The summed E-state index contributed by atoms with van der Waals surface area (Å²) in [6.07, 6.45) is 76.6. The molecule has 0 aliphatic heterocycles. The van der Waals surface area contributed by atoms with Crippen molar-refractivity contribution in [2.24, 2.45) is 13.0 Å². The molecule has 1 atom stereocenters. The fourth-order valence-corrected chi connectivity index (χ4v) is 9.55. The first-order valence-corrected chi connectivity index (χ1v) is 27.4. The molecule has 1 heterocycles. The third kappa shape index (κ3) is 41.0. The average molecular weight is 846 g/mol. The number of rotatable bonds is 48. The Hall–Kier alpha value is -0.760. The van der Waals surface area contributed by atoms with Crippen LogP contribution in [0.1, 0.15) is 316 Å². The van der Waals surface area contributed by atoms with E-state index in [4.69, 9.17) is 0 Å². The molecular formula is C56H109ClN2. The van der Waals surface area contributed by atoms with E-state index in [-0.39, 0.29) is 12.4 Å². The molecule has 350 valence electrons. The van der Waals surface area contributed by atoms with Crippen molar-refractivity contribution in [3.63, 3.8) is 0 Å². The Morgan fingerprint density at radius 3 is 0.966 bits per heavy atom. The van der Waals surface area contributed by atoms with Gasteiger partial charge in [-0.3, -0.25) is 0 Å². The first-order chi connectivity index (χ1) is 28.7. The molecule has 3 heteroatoms. The maximum absolute atomic E-state index is 2.55. The van der Waals surface area contributed by atoms with E-state index in [0.717, 1.165) is 5.92 Å². The molecule has 1 aromatic rings. The topological polar surface area (TPSA) is 8.81 Å². The number of hydrogen-bond acceptors (Lipinski definition) is 0. The highest BCUT2D eigenvalue weighted by Crippen LogP contribution is 2.26. The maximum atomic E-state index is 2.55. The van der Waals surface area contributed by atoms with Crippen LogP contribution in [-0.4, -0.2) is 4.57 Å². The number of aromatic nitrogens is 2. The van der Waals surface area contributed by atoms with Crippen LogP contribution in [0.4, 0.5) is 0 Å². The van der Waals surface area contributed by atoms with Gasteiger partial charge in [0, 0.05) is 0 Å². The first-order valence-electron chi connectivity index (χ1n) is 27.4. The number of halogens is 1. The SMILES string of the molecule is CCCCCCCC/C=C/CCCCCCCCC(CCCCC(CCCCCCCCCCCCCC)CCCCCCCCCCCCCC)[n+]1ccn(C)c1.[Cl-]. The van der Waals surface area contributed by atoms with E-state index in [1.54, 1.807) is 0 Å². The quantitative estimate of drug-likeness (QED) is 0.0351. The molecule has 0 N–H and O–H groups in total. The molecular weight excluding hydrogens is 736 g/mol. The van der Waals surface area contributed by atoms with Crippen molar-refractivity contribution in [1.29, 1.82) is 0 Å². The van der Waals surface area contributed by atoms with E-state index in [1.807, 2.05) is 0 Å². The number of nitrogens with zero attached hydrogens (tertiary/aromatic N) is 2. The zero-order valence-corrected chi connectivity index (χ0v) is 41.9. The molecule has 0 aliphatic rings. The van der Waals surface area contributed by atoms with Gasteiger partial charge in [0.1, 0.15) is 18.4 Å². The van der Waals surface area contributed by atoms with Gasteiger partial charge in [-0.05, 0) is 57.3 Å². The van der Waals surface area contributed by atoms with Crippen molar-refractivity contribution in [1.82, 2.24) is 4.57 Å². The molecule has 0 aliphatic carbocycles. The fourth-order valence-electron chi connectivity index (χ4n) is 9.55. The summed E-state index contributed by atoms with van der Waals surface area (Å²) < 4.78 is 4.79. The number of unbranched alkanes of at least 4 members (excludes halogenated alkanes) is 35. The largest absolute Gasteiger partial charge is 1.00 e. The van der Waals surface area contributed by atoms with Crippen molar-refractivity contribution < 1.29 is 17.0 Å². The van der Waals surface area contributed by atoms with Crippen LogP contribution in [0.2, 0.25) is 0 Å². The summed E-state index contributed by atoms with van der Waals surface area (Å²) in [4.78, 5) is 0. The second kappa shape index (κ2) is 48.3. The normalized spacial score (nSPS) is 12.3. The highest BCUT2D eigenvalue weighted by Gasteiger charge is 2.17. The summed E-state index contributed by atoms with van der Waals surface area (Å²) >= 11 is 0. The van der Waals surface area contributed by atoms with Gasteiger partial charge in [-0.25, -0.2) is 9.13 Å². The summed E-state index contributed by atoms with van der Waals surface area (Å²) in [7, 11) is 2.19. The predicted octanol–water partition coefficient (Wildman–Crippen LogP) is 16.6. The van der Waals surface area contributed by atoms with E-state index < -0.39 is 0 Å². The molecule has 0 saturated heterocycles. The Morgan fingerprint density at radius 2 is 0.644 bits per heavy atom. The molecule has 59 heavy (non-hydrogen) atoms. The summed E-state index contributed by atoms with van der Waals surface area (Å²) in [5.74, 6) is 0.977. The molecule has 1 unspecified atom stereocenters. The van der Waals surface area contributed by atoms with Gasteiger partial charge in [0.05, 0.1) is 7.05 Å². The van der Waals surface area contributed by atoms with Gasteiger partial charge in [-0.1, -0.05) is 270 Å².